The predicted octanol–water partition coefficient (Wildman–Crippen LogP) is 2.81. The van der Waals surface area contributed by atoms with Crippen molar-refractivity contribution in [2.75, 3.05) is 13.1 Å². The minimum Gasteiger partial charge on any atom is -0.298 e. The van der Waals surface area contributed by atoms with Crippen LogP contribution in [0.15, 0.2) is 0 Å². The molecule has 1 saturated carbocycles. The van der Waals surface area contributed by atoms with Crippen LogP contribution in [0.1, 0.15) is 51.9 Å². The third kappa shape index (κ3) is 1.28. The van der Waals surface area contributed by atoms with Crippen LogP contribution < -0.4 is 0 Å². The van der Waals surface area contributed by atoms with Crippen molar-refractivity contribution in [3.05, 3.63) is 0 Å². The summed E-state index contributed by atoms with van der Waals surface area (Å²) in [6.07, 6.45) is 10.3. The molecule has 0 amide bonds. The zero-order valence-corrected chi connectivity index (χ0v) is 8.31. The van der Waals surface area contributed by atoms with E-state index in [2.05, 4.69) is 11.8 Å². The summed E-state index contributed by atoms with van der Waals surface area (Å²) in [6.45, 7) is 4.97. The maximum absolute atomic E-state index is 2.75. The van der Waals surface area contributed by atoms with Gasteiger partial charge in [-0.25, -0.2) is 0 Å². The summed E-state index contributed by atoms with van der Waals surface area (Å²) in [7, 11) is 0. The van der Waals surface area contributed by atoms with Crippen molar-refractivity contribution in [1.82, 2.24) is 4.90 Å². The first-order valence-electron chi connectivity index (χ1n) is 5.62. The van der Waals surface area contributed by atoms with Crippen LogP contribution >= 0.6 is 0 Å². The Kier molecular flexibility index (Phi) is 2.40. The normalized spacial score (nSPS) is 29.8. The maximum Gasteiger partial charge on any atom is 0.0209 e. The van der Waals surface area contributed by atoms with Crippen LogP contribution in [-0.2, 0) is 0 Å². The Labute approximate surface area is 76.1 Å². The lowest BCUT2D eigenvalue weighted by molar-refractivity contribution is 0.0207. The fraction of sp³-hybridized carbons (Fsp3) is 1.00. The van der Waals surface area contributed by atoms with E-state index in [0.717, 1.165) is 0 Å². The average molecular weight is 167 g/mol. The van der Waals surface area contributed by atoms with E-state index < -0.39 is 0 Å². The van der Waals surface area contributed by atoms with E-state index in [0.29, 0.717) is 5.54 Å². The molecule has 0 aromatic rings. The largest absolute Gasteiger partial charge is 0.298 e. The molecule has 0 bridgehead atoms. The Bertz CT molecular complexity index is 149. The van der Waals surface area contributed by atoms with Gasteiger partial charge < -0.3 is 0 Å². The lowest BCUT2D eigenvalue weighted by Crippen LogP contribution is -2.53. The number of nitrogens with zero attached hydrogens (tertiary/aromatic N) is 1. The molecule has 1 saturated heterocycles. The van der Waals surface area contributed by atoms with Gasteiger partial charge in [-0.2, -0.15) is 0 Å². The Balaban J connectivity index is 2.04. The molecule has 0 unspecified atom stereocenters. The van der Waals surface area contributed by atoms with Crippen molar-refractivity contribution in [2.45, 2.75) is 57.4 Å². The van der Waals surface area contributed by atoms with Crippen molar-refractivity contribution in [3.8, 4) is 0 Å². The molecule has 0 aromatic heterocycles. The molecular weight excluding hydrogens is 146 g/mol. The molecule has 0 atom stereocenters. The van der Waals surface area contributed by atoms with Crippen molar-refractivity contribution in [2.24, 2.45) is 0 Å². The second kappa shape index (κ2) is 3.37. The molecule has 0 N–H and O–H groups in total. The second-order valence-corrected chi connectivity index (χ2v) is 4.47. The molecule has 12 heavy (non-hydrogen) atoms. The fourth-order valence-corrected chi connectivity index (χ4v) is 2.97. The third-order valence-corrected chi connectivity index (χ3v) is 3.91. The first kappa shape index (κ1) is 8.55. The molecule has 1 heterocycles. The zero-order valence-electron chi connectivity index (χ0n) is 8.31. The van der Waals surface area contributed by atoms with Gasteiger partial charge in [0.1, 0.15) is 0 Å². The monoisotopic (exact) mass is 167 g/mol. The first-order chi connectivity index (χ1) is 5.87. The van der Waals surface area contributed by atoms with E-state index in [1.807, 2.05) is 0 Å². The van der Waals surface area contributed by atoms with Gasteiger partial charge in [-0.3, -0.25) is 4.90 Å². The summed E-state index contributed by atoms with van der Waals surface area (Å²) in [5, 5.41) is 0. The molecule has 2 fully saturated rings. The molecule has 2 rings (SSSR count). The topological polar surface area (TPSA) is 3.24 Å². The quantitative estimate of drug-likeness (QED) is 0.580. The van der Waals surface area contributed by atoms with E-state index in [4.69, 9.17) is 0 Å². The van der Waals surface area contributed by atoms with Crippen LogP contribution in [0.25, 0.3) is 0 Å². The van der Waals surface area contributed by atoms with E-state index in [-0.39, 0.29) is 0 Å². The van der Waals surface area contributed by atoms with Crippen LogP contribution in [-0.4, -0.2) is 23.5 Å². The van der Waals surface area contributed by atoms with Crippen molar-refractivity contribution in [1.29, 1.82) is 0 Å². The highest BCUT2D eigenvalue weighted by molar-refractivity contribution is 4.98. The van der Waals surface area contributed by atoms with Crippen molar-refractivity contribution < 1.29 is 0 Å². The molecule has 2 aliphatic rings. The lowest BCUT2D eigenvalue weighted by Gasteiger charge is -2.49. The van der Waals surface area contributed by atoms with Gasteiger partial charge in [-0.05, 0) is 45.2 Å². The number of hydrogen-bond donors (Lipinski definition) is 0. The summed E-state index contributed by atoms with van der Waals surface area (Å²) >= 11 is 0. The fourth-order valence-electron chi connectivity index (χ4n) is 2.97. The SMILES string of the molecule is CCN1CCCCCC12CCC2. The van der Waals surface area contributed by atoms with Crippen LogP contribution in [0.3, 0.4) is 0 Å². The molecule has 1 heteroatoms. The Morgan fingerprint density at radius 3 is 2.33 bits per heavy atom. The van der Waals surface area contributed by atoms with Gasteiger partial charge in [-0.15, -0.1) is 0 Å². The predicted molar refractivity (Wildman–Crippen MR) is 52.3 cm³/mol. The molecular formula is C11H21N. The number of rotatable bonds is 1. The average Bonchev–Trinajstić information content (AvgIpc) is 2.23. The second-order valence-electron chi connectivity index (χ2n) is 4.47. The molecule has 1 nitrogen and oxygen atoms in total. The van der Waals surface area contributed by atoms with E-state index >= 15 is 0 Å². The molecule has 0 radical (unpaired) electrons. The van der Waals surface area contributed by atoms with Crippen LogP contribution in [0.2, 0.25) is 0 Å². The van der Waals surface area contributed by atoms with E-state index in [1.165, 1.54) is 58.0 Å². The maximum atomic E-state index is 2.75. The molecule has 1 aliphatic heterocycles. The van der Waals surface area contributed by atoms with Gasteiger partial charge in [0.05, 0.1) is 0 Å². The summed E-state index contributed by atoms with van der Waals surface area (Å²) < 4.78 is 0. The van der Waals surface area contributed by atoms with Gasteiger partial charge >= 0.3 is 0 Å². The minimum atomic E-state index is 0.686. The molecule has 1 spiro atoms. The van der Waals surface area contributed by atoms with Crippen LogP contribution in [0, 0.1) is 0 Å². The van der Waals surface area contributed by atoms with Crippen LogP contribution in [0.4, 0.5) is 0 Å². The van der Waals surface area contributed by atoms with Crippen LogP contribution in [0.5, 0.6) is 0 Å². The highest BCUT2D eigenvalue weighted by Gasteiger charge is 2.41. The zero-order chi connectivity index (χ0) is 8.44. The highest BCUT2D eigenvalue weighted by Crippen LogP contribution is 2.43. The van der Waals surface area contributed by atoms with E-state index in [1.54, 1.807) is 0 Å². The number of hydrogen-bond acceptors (Lipinski definition) is 1. The summed E-state index contributed by atoms with van der Waals surface area (Å²) in [5.74, 6) is 0. The Hall–Kier alpha value is -0.0400. The Morgan fingerprint density at radius 1 is 1.00 bits per heavy atom. The highest BCUT2D eigenvalue weighted by atomic mass is 15.2. The lowest BCUT2D eigenvalue weighted by atomic mass is 9.72. The first-order valence-corrected chi connectivity index (χ1v) is 5.62. The summed E-state index contributed by atoms with van der Waals surface area (Å²) in [6, 6.07) is 0. The number of likely N-dealkylation sites (tertiary alicyclic amines) is 1. The van der Waals surface area contributed by atoms with Gasteiger partial charge in [0.15, 0.2) is 0 Å². The van der Waals surface area contributed by atoms with E-state index in [9.17, 15) is 0 Å². The molecule has 70 valence electrons. The third-order valence-electron chi connectivity index (χ3n) is 3.91. The van der Waals surface area contributed by atoms with Gasteiger partial charge in [-0.1, -0.05) is 19.8 Å². The van der Waals surface area contributed by atoms with Gasteiger partial charge in [0.25, 0.3) is 0 Å². The minimum absolute atomic E-state index is 0.686. The standard InChI is InChI=1S/C11H21N/c1-2-12-10-5-3-4-7-11(12)8-6-9-11/h2-10H2,1H3. The van der Waals surface area contributed by atoms with Crippen molar-refractivity contribution in [3.63, 3.8) is 0 Å². The van der Waals surface area contributed by atoms with Gasteiger partial charge in [0, 0.05) is 5.54 Å². The Morgan fingerprint density at radius 2 is 1.75 bits per heavy atom. The molecule has 1 aliphatic carbocycles. The molecule has 0 aromatic carbocycles. The van der Waals surface area contributed by atoms with Gasteiger partial charge in [0.2, 0.25) is 0 Å². The smallest absolute Gasteiger partial charge is 0.0209 e. The summed E-state index contributed by atoms with van der Waals surface area (Å²) in [5.41, 5.74) is 0.686. The van der Waals surface area contributed by atoms with Crippen molar-refractivity contribution >= 4 is 0 Å². The summed E-state index contributed by atoms with van der Waals surface area (Å²) in [4.78, 5) is 2.75.